The highest BCUT2D eigenvalue weighted by atomic mass is 16.5. The summed E-state index contributed by atoms with van der Waals surface area (Å²) in [5.74, 6) is -0.0220. The van der Waals surface area contributed by atoms with Crippen molar-refractivity contribution in [3.63, 3.8) is 0 Å². The van der Waals surface area contributed by atoms with Gasteiger partial charge in [0.05, 0.1) is 25.4 Å². The maximum absolute atomic E-state index is 12.5. The fourth-order valence-electron chi connectivity index (χ4n) is 10.9. The van der Waals surface area contributed by atoms with E-state index in [1.54, 1.807) is 0 Å². The molecule has 1 amide bonds. The predicted molar refractivity (Wildman–Crippen MR) is 333 cm³/mol. The van der Waals surface area contributed by atoms with Crippen LogP contribution >= 0.6 is 0 Å². The molecule has 450 valence electrons. The quantitative estimate of drug-likeness (QED) is 0.0320. The number of amides is 1. The van der Waals surface area contributed by atoms with E-state index in [2.05, 4.69) is 43.5 Å². The van der Waals surface area contributed by atoms with Crippen LogP contribution in [0.1, 0.15) is 386 Å². The number of unbranched alkanes of at least 4 members (excludes halogenated alkanes) is 50. The van der Waals surface area contributed by atoms with E-state index < -0.39 is 12.1 Å². The summed E-state index contributed by atoms with van der Waals surface area (Å²) in [5.41, 5.74) is 0. The largest absolute Gasteiger partial charge is 0.466 e. The molecule has 0 aromatic rings. The number of nitrogens with one attached hydrogen (secondary N) is 1. The van der Waals surface area contributed by atoms with Crippen LogP contribution in [0.25, 0.3) is 0 Å². The fraction of sp³-hybridized carbons (Fsp3) is 0.914. The van der Waals surface area contributed by atoms with Gasteiger partial charge in [-0.3, -0.25) is 9.59 Å². The lowest BCUT2D eigenvalue weighted by molar-refractivity contribution is -0.143. The minimum atomic E-state index is -0.663. The van der Waals surface area contributed by atoms with Gasteiger partial charge in [0.2, 0.25) is 5.91 Å². The molecule has 76 heavy (non-hydrogen) atoms. The van der Waals surface area contributed by atoms with Crippen LogP contribution in [-0.4, -0.2) is 47.4 Å². The molecule has 6 heteroatoms. The van der Waals surface area contributed by atoms with Gasteiger partial charge in [0.1, 0.15) is 0 Å². The second kappa shape index (κ2) is 65.9. The second-order valence-corrected chi connectivity index (χ2v) is 23.9. The number of allylic oxidation sites excluding steroid dienone is 4. The molecule has 0 rings (SSSR count). The van der Waals surface area contributed by atoms with Crippen LogP contribution in [0, 0.1) is 0 Å². The molecular formula is C70H135NO5. The van der Waals surface area contributed by atoms with Crippen LogP contribution in [-0.2, 0) is 14.3 Å². The van der Waals surface area contributed by atoms with Crippen LogP contribution in [0.3, 0.4) is 0 Å². The van der Waals surface area contributed by atoms with Crippen LogP contribution in [0.4, 0.5) is 0 Å². The third-order valence-electron chi connectivity index (χ3n) is 16.2. The molecule has 0 aromatic heterocycles. The van der Waals surface area contributed by atoms with Gasteiger partial charge in [-0.25, -0.2) is 0 Å². The summed E-state index contributed by atoms with van der Waals surface area (Å²) in [6, 6.07) is -0.540. The van der Waals surface area contributed by atoms with Crippen molar-refractivity contribution in [2.75, 3.05) is 13.2 Å². The Kier molecular flexibility index (Phi) is 64.4. The SMILES string of the molecule is CCCCCC/C=C\CCCCCCCC(=O)OCCCCCCCCCCCCCC/C=C\CCCCCCCCCCCCCCCCC(=O)NC(CO)C(O)CCCCCCCCCCCCCCCCCC. The van der Waals surface area contributed by atoms with E-state index in [4.69, 9.17) is 4.74 Å². The molecule has 0 spiro atoms. The Hall–Kier alpha value is -1.66. The Labute approximate surface area is 475 Å². The van der Waals surface area contributed by atoms with Crippen molar-refractivity contribution >= 4 is 11.9 Å². The van der Waals surface area contributed by atoms with Crippen LogP contribution in [0.2, 0.25) is 0 Å². The molecule has 0 bridgehead atoms. The maximum Gasteiger partial charge on any atom is 0.305 e. The Bertz CT molecular complexity index is 1190. The molecule has 0 fully saturated rings. The molecule has 0 aromatic carbocycles. The van der Waals surface area contributed by atoms with Gasteiger partial charge in [-0.05, 0) is 77.0 Å². The minimum absolute atomic E-state index is 0.00834. The van der Waals surface area contributed by atoms with E-state index in [9.17, 15) is 19.8 Å². The first kappa shape index (κ1) is 74.3. The molecule has 0 saturated heterocycles. The number of rotatable bonds is 65. The Morgan fingerprint density at radius 2 is 0.618 bits per heavy atom. The number of esters is 1. The molecular weight excluding hydrogens is 935 g/mol. The summed E-state index contributed by atoms with van der Waals surface area (Å²) in [6.45, 7) is 4.97. The predicted octanol–water partition coefficient (Wildman–Crippen LogP) is 22.1. The normalized spacial score (nSPS) is 12.6. The van der Waals surface area contributed by atoms with Gasteiger partial charge in [-0.15, -0.1) is 0 Å². The molecule has 0 aliphatic heterocycles. The first-order chi connectivity index (χ1) is 37.5. The zero-order chi connectivity index (χ0) is 55.0. The minimum Gasteiger partial charge on any atom is -0.466 e. The highest BCUT2D eigenvalue weighted by molar-refractivity contribution is 5.76. The number of ether oxygens (including phenoxy) is 1. The van der Waals surface area contributed by atoms with Crippen LogP contribution < -0.4 is 5.32 Å². The number of aliphatic hydroxyl groups excluding tert-OH is 2. The molecule has 0 heterocycles. The van der Waals surface area contributed by atoms with Crippen molar-refractivity contribution in [2.45, 2.75) is 398 Å². The summed E-state index contributed by atoms with van der Waals surface area (Å²) in [5, 5.41) is 23.3. The molecule has 0 aliphatic rings. The van der Waals surface area contributed by atoms with E-state index in [0.29, 0.717) is 25.9 Å². The second-order valence-electron chi connectivity index (χ2n) is 23.9. The maximum atomic E-state index is 12.5. The summed E-state index contributed by atoms with van der Waals surface area (Å²) >= 11 is 0. The Morgan fingerprint density at radius 3 is 0.947 bits per heavy atom. The average Bonchev–Trinajstić information content (AvgIpc) is 3.42. The van der Waals surface area contributed by atoms with Crippen LogP contribution in [0.5, 0.6) is 0 Å². The zero-order valence-electron chi connectivity index (χ0n) is 51.5. The number of hydrogen-bond donors (Lipinski definition) is 3. The van der Waals surface area contributed by atoms with Gasteiger partial charge in [0, 0.05) is 12.8 Å². The topological polar surface area (TPSA) is 95.9 Å². The van der Waals surface area contributed by atoms with Gasteiger partial charge >= 0.3 is 5.97 Å². The smallest absolute Gasteiger partial charge is 0.305 e. The fourth-order valence-corrected chi connectivity index (χ4v) is 10.9. The average molecular weight is 1070 g/mol. The van der Waals surface area contributed by atoms with Gasteiger partial charge in [-0.1, -0.05) is 321 Å². The third-order valence-corrected chi connectivity index (χ3v) is 16.2. The lowest BCUT2D eigenvalue weighted by Gasteiger charge is -2.22. The molecule has 0 radical (unpaired) electrons. The Balaban J connectivity index is 3.36. The summed E-state index contributed by atoms with van der Waals surface area (Å²) in [7, 11) is 0. The van der Waals surface area contributed by atoms with Gasteiger partial charge in [0.15, 0.2) is 0 Å². The van der Waals surface area contributed by atoms with Crippen molar-refractivity contribution in [1.29, 1.82) is 0 Å². The number of carbonyl (C=O) groups excluding carboxylic acids is 2. The van der Waals surface area contributed by atoms with Gasteiger partial charge < -0.3 is 20.3 Å². The van der Waals surface area contributed by atoms with E-state index >= 15 is 0 Å². The first-order valence-corrected chi connectivity index (χ1v) is 34.6. The summed E-state index contributed by atoms with van der Waals surface area (Å²) in [4.78, 5) is 24.5. The van der Waals surface area contributed by atoms with Crippen molar-refractivity contribution in [1.82, 2.24) is 5.32 Å². The molecule has 0 aliphatic carbocycles. The molecule has 2 atom stereocenters. The monoisotopic (exact) mass is 1070 g/mol. The van der Waals surface area contributed by atoms with Crippen molar-refractivity contribution in [2.24, 2.45) is 0 Å². The van der Waals surface area contributed by atoms with Crippen molar-refractivity contribution < 1.29 is 24.5 Å². The molecule has 6 nitrogen and oxygen atoms in total. The lowest BCUT2D eigenvalue weighted by Crippen LogP contribution is -2.45. The van der Waals surface area contributed by atoms with Crippen LogP contribution in [0.15, 0.2) is 24.3 Å². The first-order valence-electron chi connectivity index (χ1n) is 34.6. The number of hydrogen-bond acceptors (Lipinski definition) is 5. The highest BCUT2D eigenvalue weighted by Gasteiger charge is 2.20. The Morgan fingerprint density at radius 1 is 0.355 bits per heavy atom. The van der Waals surface area contributed by atoms with E-state index in [1.807, 2.05) is 0 Å². The summed E-state index contributed by atoms with van der Waals surface area (Å²) in [6.07, 6.45) is 82.2. The van der Waals surface area contributed by atoms with Gasteiger partial charge in [-0.2, -0.15) is 0 Å². The van der Waals surface area contributed by atoms with Crippen molar-refractivity contribution in [3.05, 3.63) is 24.3 Å². The van der Waals surface area contributed by atoms with E-state index in [1.165, 1.54) is 308 Å². The zero-order valence-corrected chi connectivity index (χ0v) is 51.5. The molecule has 3 N–H and O–H groups in total. The standard InChI is InChI=1S/C70H135NO5/c1-3-5-7-9-11-13-15-17-18-35-39-42-46-50-54-58-62-68(73)67(66-72)71-69(74)63-59-55-51-47-43-40-36-33-31-29-27-25-23-21-19-20-22-24-26-28-30-32-34-37-41-45-49-53-57-61-65-76-70(75)64-60-56-52-48-44-38-16-14-12-10-8-6-4-2/h14,16,20,22,67-68,72-73H,3-13,15,17-19,21,23-66H2,1-2H3,(H,71,74)/b16-14-,22-20-. The molecule has 0 saturated carbocycles. The third kappa shape index (κ3) is 61.6. The lowest BCUT2D eigenvalue weighted by atomic mass is 10.0. The van der Waals surface area contributed by atoms with Crippen molar-refractivity contribution in [3.8, 4) is 0 Å². The van der Waals surface area contributed by atoms with E-state index in [-0.39, 0.29) is 18.5 Å². The molecule has 2 unspecified atom stereocenters. The number of carbonyl (C=O) groups is 2. The number of aliphatic hydroxyl groups is 2. The highest BCUT2D eigenvalue weighted by Crippen LogP contribution is 2.18. The van der Waals surface area contributed by atoms with E-state index in [0.717, 1.165) is 44.9 Å². The summed E-state index contributed by atoms with van der Waals surface area (Å²) < 4.78 is 5.48. The van der Waals surface area contributed by atoms with Gasteiger partial charge in [0.25, 0.3) is 0 Å².